The van der Waals surface area contributed by atoms with Gasteiger partial charge < -0.3 is 10.5 Å². The average molecular weight is 219 g/mol. The molecule has 0 radical (unpaired) electrons. The summed E-state index contributed by atoms with van der Waals surface area (Å²) < 4.78 is 18.7. The molecule has 1 aromatic carbocycles. The topological polar surface area (TPSA) is 61.0 Å². The van der Waals surface area contributed by atoms with E-state index < -0.39 is 5.82 Å². The summed E-state index contributed by atoms with van der Waals surface area (Å²) in [6.07, 6.45) is 3.09. The van der Waals surface area contributed by atoms with Gasteiger partial charge in [0.2, 0.25) is 0 Å². The SMILES string of the molecule is NCc1c(F)cccc1Oc1ncccn1. The molecule has 0 atom stereocenters. The van der Waals surface area contributed by atoms with Crippen LogP contribution in [0.2, 0.25) is 0 Å². The minimum atomic E-state index is -0.393. The van der Waals surface area contributed by atoms with E-state index in [-0.39, 0.29) is 12.6 Å². The van der Waals surface area contributed by atoms with Gasteiger partial charge in [0.1, 0.15) is 11.6 Å². The molecule has 0 amide bonds. The zero-order chi connectivity index (χ0) is 11.4. The fourth-order valence-corrected chi connectivity index (χ4v) is 1.27. The van der Waals surface area contributed by atoms with Gasteiger partial charge in [0, 0.05) is 24.5 Å². The molecular weight excluding hydrogens is 209 g/mol. The van der Waals surface area contributed by atoms with Gasteiger partial charge in [-0.15, -0.1) is 0 Å². The maximum atomic E-state index is 13.4. The second kappa shape index (κ2) is 4.67. The smallest absolute Gasteiger partial charge is 0.321 e. The minimum Gasteiger partial charge on any atom is -0.424 e. The number of hydrogen-bond acceptors (Lipinski definition) is 4. The fraction of sp³-hybridized carbons (Fsp3) is 0.0909. The third-order valence-corrected chi connectivity index (χ3v) is 2.02. The monoisotopic (exact) mass is 219 g/mol. The van der Waals surface area contributed by atoms with Crippen molar-refractivity contribution in [2.75, 3.05) is 0 Å². The van der Waals surface area contributed by atoms with Gasteiger partial charge in [-0.3, -0.25) is 0 Å². The Balaban J connectivity index is 2.31. The van der Waals surface area contributed by atoms with Crippen LogP contribution in [0.1, 0.15) is 5.56 Å². The molecule has 0 bridgehead atoms. The van der Waals surface area contributed by atoms with Crippen LogP contribution in [0.4, 0.5) is 4.39 Å². The van der Waals surface area contributed by atoms with E-state index in [2.05, 4.69) is 9.97 Å². The Morgan fingerprint density at radius 1 is 1.19 bits per heavy atom. The van der Waals surface area contributed by atoms with Crippen molar-refractivity contribution in [2.45, 2.75) is 6.54 Å². The number of benzene rings is 1. The van der Waals surface area contributed by atoms with Crippen molar-refractivity contribution >= 4 is 0 Å². The molecule has 1 aromatic heterocycles. The van der Waals surface area contributed by atoms with Crippen molar-refractivity contribution in [2.24, 2.45) is 5.73 Å². The van der Waals surface area contributed by atoms with Gasteiger partial charge in [-0.25, -0.2) is 14.4 Å². The second-order valence-corrected chi connectivity index (χ2v) is 3.05. The van der Waals surface area contributed by atoms with Crippen LogP contribution >= 0.6 is 0 Å². The molecule has 0 spiro atoms. The van der Waals surface area contributed by atoms with E-state index in [0.29, 0.717) is 11.3 Å². The van der Waals surface area contributed by atoms with Crippen LogP contribution < -0.4 is 10.5 Å². The Morgan fingerprint density at radius 3 is 2.62 bits per heavy atom. The van der Waals surface area contributed by atoms with Crippen molar-refractivity contribution in [3.63, 3.8) is 0 Å². The van der Waals surface area contributed by atoms with Crippen LogP contribution in [0.3, 0.4) is 0 Å². The van der Waals surface area contributed by atoms with E-state index in [0.717, 1.165) is 0 Å². The standard InChI is InChI=1S/C11H10FN3O/c12-9-3-1-4-10(8(9)7-13)16-11-14-5-2-6-15-11/h1-6H,7,13H2. The highest BCUT2D eigenvalue weighted by Crippen LogP contribution is 2.24. The molecule has 5 heteroatoms. The lowest BCUT2D eigenvalue weighted by atomic mass is 10.2. The Labute approximate surface area is 91.9 Å². The van der Waals surface area contributed by atoms with Crippen LogP contribution in [-0.4, -0.2) is 9.97 Å². The lowest BCUT2D eigenvalue weighted by molar-refractivity contribution is 0.431. The molecule has 1 heterocycles. The van der Waals surface area contributed by atoms with Gasteiger partial charge >= 0.3 is 6.01 Å². The highest BCUT2D eigenvalue weighted by molar-refractivity contribution is 5.36. The van der Waals surface area contributed by atoms with Gasteiger partial charge in [0.05, 0.1) is 0 Å². The number of halogens is 1. The van der Waals surface area contributed by atoms with E-state index in [1.165, 1.54) is 6.07 Å². The molecule has 0 aliphatic carbocycles. The molecule has 0 aliphatic rings. The van der Waals surface area contributed by atoms with E-state index >= 15 is 0 Å². The van der Waals surface area contributed by atoms with Gasteiger partial charge in [-0.05, 0) is 18.2 Å². The number of hydrogen-bond donors (Lipinski definition) is 1. The summed E-state index contributed by atoms with van der Waals surface area (Å²) in [6, 6.07) is 6.35. The molecule has 2 aromatic rings. The van der Waals surface area contributed by atoms with E-state index in [1.54, 1.807) is 30.6 Å². The van der Waals surface area contributed by atoms with Crippen molar-refractivity contribution in [1.29, 1.82) is 0 Å². The molecule has 82 valence electrons. The summed E-state index contributed by atoms with van der Waals surface area (Å²) in [5.74, 6) is -0.0513. The summed E-state index contributed by atoms with van der Waals surface area (Å²) in [5.41, 5.74) is 5.76. The molecule has 16 heavy (non-hydrogen) atoms. The van der Waals surface area contributed by atoms with Gasteiger partial charge in [-0.1, -0.05) is 6.07 Å². The number of nitrogens with two attached hydrogens (primary N) is 1. The summed E-state index contributed by atoms with van der Waals surface area (Å²) in [4.78, 5) is 7.76. The second-order valence-electron chi connectivity index (χ2n) is 3.05. The minimum absolute atomic E-state index is 0.0643. The Bertz CT molecular complexity index is 476. The third-order valence-electron chi connectivity index (χ3n) is 2.02. The normalized spacial score (nSPS) is 10.1. The molecule has 0 saturated heterocycles. The highest BCUT2D eigenvalue weighted by atomic mass is 19.1. The van der Waals surface area contributed by atoms with E-state index in [4.69, 9.17) is 10.5 Å². The summed E-state index contributed by atoms with van der Waals surface area (Å²) in [6.45, 7) is 0.0643. The van der Waals surface area contributed by atoms with E-state index in [1.807, 2.05) is 0 Å². The Kier molecular flexibility index (Phi) is 3.07. The number of nitrogens with zero attached hydrogens (tertiary/aromatic N) is 2. The van der Waals surface area contributed by atoms with Crippen molar-refractivity contribution in [1.82, 2.24) is 9.97 Å². The summed E-state index contributed by atoms with van der Waals surface area (Å²) in [5, 5.41) is 0. The van der Waals surface area contributed by atoms with Gasteiger partial charge in [0.25, 0.3) is 0 Å². The first-order chi connectivity index (χ1) is 7.81. The van der Waals surface area contributed by atoms with Gasteiger partial charge in [-0.2, -0.15) is 0 Å². The maximum Gasteiger partial charge on any atom is 0.321 e. The molecule has 4 nitrogen and oxygen atoms in total. The third kappa shape index (κ3) is 2.14. The molecule has 2 rings (SSSR count). The average Bonchev–Trinajstić information content (AvgIpc) is 2.31. The molecule has 0 fully saturated rings. The van der Waals surface area contributed by atoms with Crippen LogP contribution in [0, 0.1) is 5.82 Å². The van der Waals surface area contributed by atoms with Crippen LogP contribution in [0.15, 0.2) is 36.7 Å². The highest BCUT2D eigenvalue weighted by Gasteiger charge is 2.09. The first-order valence-electron chi connectivity index (χ1n) is 4.73. The zero-order valence-corrected chi connectivity index (χ0v) is 8.43. The van der Waals surface area contributed by atoms with Crippen molar-refractivity contribution in [3.05, 3.63) is 48.0 Å². The maximum absolute atomic E-state index is 13.4. The number of aromatic nitrogens is 2. The molecular formula is C11H10FN3O. The molecule has 2 N–H and O–H groups in total. The fourth-order valence-electron chi connectivity index (χ4n) is 1.27. The number of rotatable bonds is 3. The largest absolute Gasteiger partial charge is 0.424 e. The predicted molar refractivity (Wildman–Crippen MR) is 56.4 cm³/mol. The first-order valence-corrected chi connectivity index (χ1v) is 4.73. The molecule has 0 saturated carbocycles. The van der Waals surface area contributed by atoms with Crippen LogP contribution in [-0.2, 0) is 6.54 Å². The lowest BCUT2D eigenvalue weighted by Gasteiger charge is -2.08. The summed E-state index contributed by atoms with van der Waals surface area (Å²) in [7, 11) is 0. The van der Waals surface area contributed by atoms with Crippen LogP contribution in [0.25, 0.3) is 0 Å². The lowest BCUT2D eigenvalue weighted by Crippen LogP contribution is -2.03. The van der Waals surface area contributed by atoms with Crippen molar-refractivity contribution < 1.29 is 9.13 Å². The first kappa shape index (κ1) is 10.5. The van der Waals surface area contributed by atoms with Gasteiger partial charge in [0.15, 0.2) is 0 Å². The van der Waals surface area contributed by atoms with Crippen molar-refractivity contribution in [3.8, 4) is 11.8 Å². The number of ether oxygens (including phenoxy) is 1. The Hall–Kier alpha value is -2.01. The molecule has 0 aliphatic heterocycles. The quantitative estimate of drug-likeness (QED) is 0.855. The summed E-state index contributed by atoms with van der Waals surface area (Å²) >= 11 is 0. The molecule has 0 unspecified atom stereocenters. The Morgan fingerprint density at radius 2 is 1.94 bits per heavy atom. The van der Waals surface area contributed by atoms with E-state index in [9.17, 15) is 4.39 Å². The van der Waals surface area contributed by atoms with Crippen LogP contribution in [0.5, 0.6) is 11.8 Å². The predicted octanol–water partition coefficient (Wildman–Crippen LogP) is 1.87. The zero-order valence-electron chi connectivity index (χ0n) is 8.43.